The molecule has 2 fully saturated rings. The van der Waals surface area contributed by atoms with E-state index in [1.54, 1.807) is 0 Å². The Morgan fingerprint density at radius 1 is 1.27 bits per heavy atom. The lowest BCUT2D eigenvalue weighted by Crippen LogP contribution is -2.40. The molecule has 5 nitrogen and oxygen atoms in total. The van der Waals surface area contributed by atoms with Gasteiger partial charge in [0.15, 0.2) is 11.5 Å². The van der Waals surface area contributed by atoms with Gasteiger partial charge < -0.3 is 14.6 Å². The van der Waals surface area contributed by atoms with Crippen LogP contribution in [0.3, 0.4) is 0 Å². The van der Waals surface area contributed by atoms with Crippen molar-refractivity contribution in [3.05, 3.63) is 29.1 Å². The number of benzene rings is 1. The van der Waals surface area contributed by atoms with Gasteiger partial charge in [0, 0.05) is 36.5 Å². The number of oxazole rings is 1. The molecule has 144 valence electrons. The minimum Gasteiger partial charge on any atom is -0.440 e. The Bertz CT molecular complexity index is 738. The highest BCUT2D eigenvalue weighted by atomic mass is 35.5. The third-order valence-corrected chi connectivity index (χ3v) is 5.38. The molecule has 0 saturated carbocycles. The molecule has 2 aromatic rings. The van der Waals surface area contributed by atoms with Gasteiger partial charge in [-0.15, -0.1) is 24.8 Å². The van der Waals surface area contributed by atoms with E-state index in [9.17, 15) is 4.79 Å². The van der Waals surface area contributed by atoms with E-state index >= 15 is 0 Å². The molecular formula is C18H24Cl3N3O2. The second-order valence-corrected chi connectivity index (χ2v) is 7.25. The molecule has 0 aliphatic carbocycles. The van der Waals surface area contributed by atoms with E-state index in [0.717, 1.165) is 55.9 Å². The Morgan fingerprint density at radius 3 is 2.73 bits per heavy atom. The first-order chi connectivity index (χ1) is 11.7. The van der Waals surface area contributed by atoms with Crippen LogP contribution < -0.4 is 5.32 Å². The van der Waals surface area contributed by atoms with E-state index in [1.807, 2.05) is 23.1 Å². The Balaban J connectivity index is 0.00000121. The van der Waals surface area contributed by atoms with Gasteiger partial charge in [-0.3, -0.25) is 4.79 Å². The largest absolute Gasteiger partial charge is 0.440 e. The fourth-order valence-electron chi connectivity index (χ4n) is 3.74. The second-order valence-electron chi connectivity index (χ2n) is 6.82. The first kappa shape index (κ1) is 21.3. The van der Waals surface area contributed by atoms with E-state index < -0.39 is 0 Å². The Labute approximate surface area is 170 Å². The number of fused-ring (bicyclic) bond motifs is 1. The maximum absolute atomic E-state index is 12.4. The summed E-state index contributed by atoms with van der Waals surface area (Å²) in [5.41, 5.74) is 1.59. The van der Waals surface area contributed by atoms with Crippen LogP contribution in [0, 0.1) is 0 Å². The molecule has 2 saturated heterocycles. The van der Waals surface area contributed by atoms with E-state index in [0.29, 0.717) is 17.5 Å². The molecule has 8 heteroatoms. The monoisotopic (exact) mass is 419 g/mol. The van der Waals surface area contributed by atoms with Gasteiger partial charge in [-0.25, -0.2) is 4.98 Å². The summed E-state index contributed by atoms with van der Waals surface area (Å²) in [6.07, 6.45) is 4.75. The minimum absolute atomic E-state index is 0. The van der Waals surface area contributed by atoms with Gasteiger partial charge in [-0.05, 0) is 50.4 Å². The second kappa shape index (κ2) is 9.27. The van der Waals surface area contributed by atoms with Crippen molar-refractivity contribution in [2.75, 3.05) is 19.6 Å². The summed E-state index contributed by atoms with van der Waals surface area (Å²) >= 11 is 6.01. The Kier molecular flexibility index (Phi) is 7.59. The van der Waals surface area contributed by atoms with Gasteiger partial charge >= 0.3 is 0 Å². The molecule has 1 aromatic carbocycles. The van der Waals surface area contributed by atoms with Crippen LogP contribution in [-0.2, 0) is 4.79 Å². The van der Waals surface area contributed by atoms with Crippen molar-refractivity contribution in [2.45, 2.75) is 44.1 Å². The minimum atomic E-state index is 0. The maximum atomic E-state index is 12.4. The number of nitrogens with one attached hydrogen (secondary N) is 1. The topological polar surface area (TPSA) is 58.4 Å². The van der Waals surface area contributed by atoms with Gasteiger partial charge in [-0.2, -0.15) is 0 Å². The van der Waals surface area contributed by atoms with Crippen molar-refractivity contribution in [3.63, 3.8) is 0 Å². The predicted molar refractivity (Wildman–Crippen MR) is 108 cm³/mol. The normalized spacial score (nSPS) is 20.7. The zero-order chi connectivity index (χ0) is 16.5. The number of rotatable bonds is 3. The molecule has 1 atom stereocenters. The molecule has 26 heavy (non-hydrogen) atoms. The molecule has 4 rings (SSSR count). The maximum Gasteiger partial charge on any atom is 0.224 e. The first-order valence-corrected chi connectivity index (χ1v) is 9.14. The number of piperidine rings is 1. The number of hydrogen-bond donors (Lipinski definition) is 1. The Morgan fingerprint density at radius 2 is 2.04 bits per heavy atom. The molecular weight excluding hydrogens is 397 g/mol. The van der Waals surface area contributed by atoms with Crippen molar-refractivity contribution < 1.29 is 9.21 Å². The van der Waals surface area contributed by atoms with Crippen molar-refractivity contribution in [1.82, 2.24) is 15.2 Å². The standard InChI is InChI=1S/C18H22ClN3O2.2ClH/c19-13-3-4-16-15(10-13)21-18(24-16)12-5-8-22(9-6-12)17(23)11-14-2-1-7-20-14;;/h3-4,10,12,14,20H,1-2,5-9,11H2;2*1H. The molecule has 1 aromatic heterocycles. The van der Waals surface area contributed by atoms with Crippen molar-refractivity contribution in [3.8, 4) is 0 Å². The molecule has 0 spiro atoms. The lowest BCUT2D eigenvalue weighted by Gasteiger charge is -2.31. The third kappa shape index (κ3) is 4.63. The number of halogens is 3. The molecule has 0 bridgehead atoms. The summed E-state index contributed by atoms with van der Waals surface area (Å²) < 4.78 is 5.88. The van der Waals surface area contributed by atoms with Crippen LogP contribution in [0.15, 0.2) is 22.6 Å². The number of aromatic nitrogens is 1. The van der Waals surface area contributed by atoms with E-state index in [-0.39, 0.29) is 36.6 Å². The van der Waals surface area contributed by atoms with E-state index in [4.69, 9.17) is 16.0 Å². The summed E-state index contributed by atoms with van der Waals surface area (Å²) in [5.74, 6) is 1.33. The van der Waals surface area contributed by atoms with Gasteiger partial charge in [0.05, 0.1) is 0 Å². The highest BCUT2D eigenvalue weighted by Gasteiger charge is 2.28. The first-order valence-electron chi connectivity index (χ1n) is 8.76. The fraction of sp³-hybridized carbons (Fsp3) is 0.556. The molecule has 3 heterocycles. The van der Waals surface area contributed by atoms with Crippen LogP contribution in [0.25, 0.3) is 11.1 Å². The van der Waals surface area contributed by atoms with Crippen molar-refractivity contribution >= 4 is 53.4 Å². The van der Waals surface area contributed by atoms with E-state index in [1.165, 1.54) is 6.42 Å². The van der Waals surface area contributed by atoms with Gasteiger partial charge in [0.25, 0.3) is 0 Å². The van der Waals surface area contributed by atoms with Crippen LogP contribution >= 0.6 is 36.4 Å². The number of amides is 1. The van der Waals surface area contributed by atoms with Gasteiger partial charge in [0.2, 0.25) is 5.91 Å². The summed E-state index contributed by atoms with van der Waals surface area (Å²) in [6, 6.07) is 5.88. The number of carbonyl (C=O) groups is 1. The average molecular weight is 421 g/mol. The van der Waals surface area contributed by atoms with Crippen molar-refractivity contribution in [2.24, 2.45) is 0 Å². The average Bonchev–Trinajstić information content (AvgIpc) is 3.24. The number of hydrogen-bond acceptors (Lipinski definition) is 4. The quantitative estimate of drug-likeness (QED) is 0.809. The highest BCUT2D eigenvalue weighted by molar-refractivity contribution is 6.31. The lowest BCUT2D eigenvalue weighted by molar-refractivity contribution is -0.132. The molecule has 2 aliphatic heterocycles. The zero-order valence-corrected chi connectivity index (χ0v) is 16.8. The van der Waals surface area contributed by atoms with Crippen LogP contribution in [-0.4, -0.2) is 41.5 Å². The summed E-state index contributed by atoms with van der Waals surface area (Å²) in [4.78, 5) is 19.0. The van der Waals surface area contributed by atoms with Crippen LogP contribution in [0.4, 0.5) is 0 Å². The van der Waals surface area contributed by atoms with Crippen molar-refractivity contribution in [1.29, 1.82) is 0 Å². The molecule has 1 N–H and O–H groups in total. The fourth-order valence-corrected chi connectivity index (χ4v) is 3.91. The molecule has 1 amide bonds. The SMILES string of the molecule is Cl.Cl.O=C(CC1CCCN1)N1CCC(c2nc3cc(Cl)ccc3o2)CC1. The number of carbonyl (C=O) groups excluding carboxylic acids is 1. The highest BCUT2D eigenvalue weighted by Crippen LogP contribution is 2.31. The smallest absolute Gasteiger partial charge is 0.224 e. The summed E-state index contributed by atoms with van der Waals surface area (Å²) in [5, 5.41) is 4.07. The molecule has 2 aliphatic rings. The molecule has 1 unspecified atom stereocenters. The summed E-state index contributed by atoms with van der Waals surface area (Å²) in [7, 11) is 0. The van der Waals surface area contributed by atoms with Crippen LogP contribution in [0.2, 0.25) is 5.02 Å². The lowest BCUT2D eigenvalue weighted by atomic mass is 9.96. The van der Waals surface area contributed by atoms with Gasteiger partial charge in [0.1, 0.15) is 5.52 Å². The van der Waals surface area contributed by atoms with E-state index in [2.05, 4.69) is 10.3 Å². The molecule has 0 radical (unpaired) electrons. The third-order valence-electron chi connectivity index (χ3n) is 5.15. The number of nitrogens with zero attached hydrogens (tertiary/aromatic N) is 2. The number of likely N-dealkylation sites (tertiary alicyclic amines) is 1. The van der Waals surface area contributed by atoms with Crippen LogP contribution in [0.1, 0.15) is 43.9 Å². The zero-order valence-electron chi connectivity index (χ0n) is 14.4. The Hall–Kier alpha value is -1.01. The summed E-state index contributed by atoms with van der Waals surface area (Å²) in [6.45, 7) is 2.62. The van der Waals surface area contributed by atoms with Crippen LogP contribution in [0.5, 0.6) is 0 Å². The van der Waals surface area contributed by atoms with Gasteiger partial charge in [-0.1, -0.05) is 11.6 Å². The predicted octanol–water partition coefficient (Wildman–Crippen LogP) is 4.17.